The molecule has 0 atom stereocenters. The molecule has 1 heterocycles. The molecule has 112 valence electrons. The number of nitrogens with zero attached hydrogens (tertiary/aromatic N) is 1. The molecule has 0 spiro atoms. The molecule has 0 amide bonds. The summed E-state index contributed by atoms with van der Waals surface area (Å²) in [7, 11) is 1.65. The van der Waals surface area contributed by atoms with Crippen molar-refractivity contribution < 1.29 is 14.6 Å². The van der Waals surface area contributed by atoms with Crippen LogP contribution in [0.1, 0.15) is 27.2 Å². The molecule has 4 nitrogen and oxygen atoms in total. The first-order chi connectivity index (χ1) is 9.95. The molecule has 0 bridgehead atoms. The third kappa shape index (κ3) is 3.00. The smallest absolute Gasteiger partial charge is 0.337 e. The van der Waals surface area contributed by atoms with Crippen LogP contribution in [-0.4, -0.2) is 29.4 Å². The van der Waals surface area contributed by atoms with Gasteiger partial charge in [-0.15, -0.1) is 0 Å². The highest BCUT2D eigenvalue weighted by Crippen LogP contribution is 2.29. The highest BCUT2D eigenvalue weighted by Gasteiger charge is 2.18. The topological polar surface area (TPSA) is 51.5 Å². The third-order valence-electron chi connectivity index (χ3n) is 3.77. The molecule has 0 aliphatic carbocycles. The van der Waals surface area contributed by atoms with Gasteiger partial charge in [0.2, 0.25) is 0 Å². The van der Waals surface area contributed by atoms with Gasteiger partial charge in [-0.3, -0.25) is 0 Å². The van der Waals surface area contributed by atoms with Crippen molar-refractivity contribution in [1.29, 1.82) is 0 Å². The van der Waals surface area contributed by atoms with Crippen LogP contribution in [0.25, 0.3) is 11.3 Å². The summed E-state index contributed by atoms with van der Waals surface area (Å²) in [6, 6.07) is 7.96. The molecule has 0 fully saturated rings. The molecule has 1 N–H and O–H groups in total. The molecule has 0 radical (unpaired) electrons. The molecule has 0 unspecified atom stereocenters. The van der Waals surface area contributed by atoms with Gasteiger partial charge in [-0.25, -0.2) is 4.79 Å². The lowest BCUT2D eigenvalue weighted by atomic mass is 10.0. The van der Waals surface area contributed by atoms with E-state index in [9.17, 15) is 9.90 Å². The highest BCUT2D eigenvalue weighted by atomic mass is 16.5. The van der Waals surface area contributed by atoms with Crippen molar-refractivity contribution in [3.8, 4) is 11.3 Å². The molecule has 4 heteroatoms. The van der Waals surface area contributed by atoms with Crippen LogP contribution in [0.15, 0.2) is 24.3 Å². The first-order valence-electron chi connectivity index (χ1n) is 6.95. The van der Waals surface area contributed by atoms with Gasteiger partial charge in [0.25, 0.3) is 0 Å². The first kappa shape index (κ1) is 15.3. The van der Waals surface area contributed by atoms with Gasteiger partial charge in [0.1, 0.15) is 0 Å². The Hall–Kier alpha value is -2.07. The number of ether oxygens (including phenoxy) is 1. The molecule has 2 rings (SSSR count). The minimum Gasteiger partial charge on any atom is -0.478 e. The zero-order valence-corrected chi connectivity index (χ0v) is 12.9. The minimum absolute atomic E-state index is 0.348. The number of aromatic nitrogens is 1. The average Bonchev–Trinajstić information content (AvgIpc) is 2.74. The van der Waals surface area contributed by atoms with Crippen LogP contribution < -0.4 is 0 Å². The maximum absolute atomic E-state index is 11.4. The predicted octanol–water partition coefficient (Wildman–Crippen LogP) is 3.42. The Kier molecular flexibility index (Phi) is 4.48. The number of benzene rings is 1. The normalized spacial score (nSPS) is 10.9. The molecular formula is C17H21NO3. The van der Waals surface area contributed by atoms with Crippen molar-refractivity contribution in [2.75, 3.05) is 13.7 Å². The maximum atomic E-state index is 11.4. The van der Waals surface area contributed by atoms with Crippen LogP contribution in [0.4, 0.5) is 0 Å². The number of hydrogen-bond donors (Lipinski definition) is 1. The molecule has 0 aliphatic heterocycles. The van der Waals surface area contributed by atoms with Gasteiger partial charge < -0.3 is 14.4 Å². The monoisotopic (exact) mass is 287 g/mol. The van der Waals surface area contributed by atoms with E-state index in [4.69, 9.17) is 4.74 Å². The van der Waals surface area contributed by atoms with Crippen LogP contribution in [0, 0.1) is 20.8 Å². The van der Waals surface area contributed by atoms with Crippen LogP contribution in [0.3, 0.4) is 0 Å². The van der Waals surface area contributed by atoms with Gasteiger partial charge in [0.05, 0.1) is 12.2 Å². The van der Waals surface area contributed by atoms with Crippen molar-refractivity contribution in [3.63, 3.8) is 0 Å². The summed E-state index contributed by atoms with van der Waals surface area (Å²) in [4.78, 5) is 11.4. The van der Waals surface area contributed by atoms with Crippen molar-refractivity contribution >= 4 is 5.97 Å². The quantitative estimate of drug-likeness (QED) is 0.916. The number of hydrogen-bond acceptors (Lipinski definition) is 2. The van der Waals surface area contributed by atoms with Gasteiger partial charge in [-0.1, -0.05) is 23.8 Å². The van der Waals surface area contributed by atoms with E-state index in [1.807, 2.05) is 30.5 Å². The summed E-state index contributed by atoms with van der Waals surface area (Å²) in [6.07, 6.45) is 0. The Morgan fingerprint density at radius 1 is 1.24 bits per heavy atom. The molecule has 0 aliphatic rings. The zero-order chi connectivity index (χ0) is 15.6. The second kappa shape index (κ2) is 6.14. The van der Waals surface area contributed by atoms with Gasteiger partial charge >= 0.3 is 5.97 Å². The second-order valence-electron chi connectivity index (χ2n) is 5.30. The van der Waals surface area contributed by atoms with Crippen LogP contribution >= 0.6 is 0 Å². The van der Waals surface area contributed by atoms with Crippen molar-refractivity contribution in [1.82, 2.24) is 4.57 Å². The van der Waals surface area contributed by atoms with Gasteiger partial charge in [0, 0.05) is 30.6 Å². The van der Waals surface area contributed by atoms with E-state index < -0.39 is 5.97 Å². The largest absolute Gasteiger partial charge is 0.478 e. The lowest BCUT2D eigenvalue weighted by Gasteiger charge is -2.13. The Morgan fingerprint density at radius 2 is 1.95 bits per heavy atom. The summed E-state index contributed by atoms with van der Waals surface area (Å²) in [5, 5.41) is 9.34. The fourth-order valence-corrected chi connectivity index (χ4v) is 2.66. The van der Waals surface area contributed by atoms with E-state index in [0.717, 1.165) is 22.5 Å². The van der Waals surface area contributed by atoms with Gasteiger partial charge in [0.15, 0.2) is 0 Å². The molecule has 2 aromatic rings. The van der Waals surface area contributed by atoms with Crippen molar-refractivity contribution in [3.05, 3.63) is 46.6 Å². The molecule has 1 aromatic heterocycles. The number of carboxylic acid groups (broad SMARTS) is 1. The number of rotatable bonds is 5. The van der Waals surface area contributed by atoms with E-state index >= 15 is 0 Å². The standard InChI is InChI=1S/C17H21NO3/c1-11-5-6-14(12(2)9-11)16-10-15(17(19)20)13(3)18(16)7-8-21-4/h5-6,9-10H,7-8H2,1-4H3,(H,19,20). The zero-order valence-electron chi connectivity index (χ0n) is 12.9. The van der Waals surface area contributed by atoms with Crippen LogP contribution in [-0.2, 0) is 11.3 Å². The van der Waals surface area contributed by atoms with E-state index in [1.54, 1.807) is 13.2 Å². The third-order valence-corrected chi connectivity index (χ3v) is 3.77. The van der Waals surface area contributed by atoms with Crippen LogP contribution in [0.5, 0.6) is 0 Å². The number of carboxylic acids is 1. The fraction of sp³-hybridized carbons (Fsp3) is 0.353. The van der Waals surface area contributed by atoms with E-state index in [-0.39, 0.29) is 0 Å². The van der Waals surface area contributed by atoms with E-state index in [2.05, 4.69) is 13.0 Å². The molecule has 0 saturated carbocycles. The number of aryl methyl sites for hydroxylation is 2. The summed E-state index contributed by atoms with van der Waals surface area (Å²) >= 11 is 0. The number of aromatic carboxylic acids is 1. The van der Waals surface area contributed by atoms with Crippen LogP contribution in [0.2, 0.25) is 0 Å². The lowest BCUT2D eigenvalue weighted by molar-refractivity contribution is 0.0696. The summed E-state index contributed by atoms with van der Waals surface area (Å²) in [5.74, 6) is -0.894. The first-order valence-corrected chi connectivity index (χ1v) is 6.95. The van der Waals surface area contributed by atoms with Gasteiger partial charge in [-0.05, 0) is 32.4 Å². The minimum atomic E-state index is -0.894. The Bertz CT molecular complexity index is 671. The van der Waals surface area contributed by atoms with E-state index in [1.165, 1.54) is 5.56 Å². The molecule has 0 saturated heterocycles. The fourth-order valence-electron chi connectivity index (χ4n) is 2.66. The molecular weight excluding hydrogens is 266 g/mol. The Labute approximate surface area is 125 Å². The summed E-state index contributed by atoms with van der Waals surface area (Å²) in [6.45, 7) is 7.12. The average molecular weight is 287 g/mol. The van der Waals surface area contributed by atoms with Crippen molar-refractivity contribution in [2.45, 2.75) is 27.3 Å². The number of methoxy groups -OCH3 is 1. The maximum Gasteiger partial charge on any atom is 0.337 e. The SMILES string of the molecule is COCCn1c(-c2ccc(C)cc2C)cc(C(=O)O)c1C. The summed E-state index contributed by atoms with van der Waals surface area (Å²) < 4.78 is 7.16. The van der Waals surface area contributed by atoms with E-state index in [0.29, 0.717) is 18.7 Å². The Balaban J connectivity index is 2.60. The Morgan fingerprint density at radius 3 is 2.52 bits per heavy atom. The van der Waals surface area contributed by atoms with Crippen molar-refractivity contribution in [2.24, 2.45) is 0 Å². The predicted molar refractivity (Wildman–Crippen MR) is 82.9 cm³/mol. The lowest BCUT2D eigenvalue weighted by Crippen LogP contribution is -2.09. The second-order valence-corrected chi connectivity index (χ2v) is 5.30. The highest BCUT2D eigenvalue weighted by molar-refractivity contribution is 5.91. The molecule has 1 aromatic carbocycles. The summed E-state index contributed by atoms with van der Waals surface area (Å²) in [5.41, 5.74) is 5.44. The number of carbonyl (C=O) groups is 1. The van der Waals surface area contributed by atoms with Gasteiger partial charge in [-0.2, -0.15) is 0 Å². The molecule has 21 heavy (non-hydrogen) atoms.